The fourth-order valence-electron chi connectivity index (χ4n) is 0. The molecule has 0 spiro atoms. The van der Waals surface area contributed by atoms with Gasteiger partial charge in [0.2, 0.25) is 0 Å². The third-order valence-corrected chi connectivity index (χ3v) is 0. The van der Waals surface area contributed by atoms with Gasteiger partial charge in [0.1, 0.15) is 0 Å². The molecule has 0 aliphatic rings. The van der Waals surface area contributed by atoms with Crippen LogP contribution in [0.15, 0.2) is 0 Å². The molecule has 5 heavy (non-hydrogen) atoms. The molecule has 0 saturated carbocycles. The Bertz CT molecular complexity index is 6.85. The van der Waals surface area contributed by atoms with Crippen molar-refractivity contribution in [3.05, 3.63) is 22.3 Å². The molecule has 0 aliphatic carbocycles. The summed E-state index contributed by atoms with van der Waals surface area (Å²) in [7, 11) is 0. The molecule has 2 heteroatoms. The van der Waals surface area contributed by atoms with Crippen LogP contribution in [-0.2, 0) is 16.7 Å². The van der Waals surface area contributed by atoms with Gasteiger partial charge in [-0.3, -0.25) is 0 Å². The predicted octanol–water partition coefficient (Wildman–Crippen LogP) is 2.23. The van der Waals surface area contributed by atoms with Gasteiger partial charge in [-0.25, -0.2) is 0 Å². The number of hydrogen-bond acceptors (Lipinski definition) is 0. The molecule has 0 unspecified atom stereocenters. The second-order valence-electron chi connectivity index (χ2n) is 0. The molecule has 0 fully saturated rings. The first-order chi connectivity index (χ1) is 1.00. The first kappa shape index (κ1) is 32.0. The summed E-state index contributed by atoms with van der Waals surface area (Å²) in [6, 6.07) is 0. The Morgan fingerprint density at radius 2 is 0.800 bits per heavy atom. The average Bonchev–Trinajstić information content (AvgIpc) is 1.00. The fraction of sp³-hybridized carbons (Fsp3) is 0. The monoisotopic (exact) mass is 220 g/mol. The van der Waals surface area contributed by atoms with Crippen molar-refractivity contribution in [1.82, 2.24) is 0 Å². The molecule has 0 heterocycles. The molecule has 32 valence electrons. The van der Waals surface area contributed by atoms with Gasteiger partial charge in [-0.05, 0) is 0 Å². The quantitative estimate of drug-likeness (QED) is 0.333. The summed E-state index contributed by atoms with van der Waals surface area (Å²) in [5, 5.41) is 0. The van der Waals surface area contributed by atoms with E-state index in [2.05, 4.69) is 19.2 Å². The van der Waals surface area contributed by atoms with Crippen molar-refractivity contribution in [2.75, 3.05) is 0 Å². The first-order valence-electron chi connectivity index (χ1n) is 0.189. The van der Waals surface area contributed by atoms with Crippen molar-refractivity contribution >= 4 is 19.2 Å². The van der Waals surface area contributed by atoms with E-state index in [0.717, 1.165) is 0 Å². The third kappa shape index (κ3) is 31.0. The summed E-state index contributed by atoms with van der Waals surface area (Å²) < 4.78 is 0. The minimum absolute atomic E-state index is 0. The van der Waals surface area contributed by atoms with Crippen molar-refractivity contribution in [1.29, 1.82) is 0 Å². The Hall–Kier alpha value is 1.44. The summed E-state index contributed by atoms with van der Waals surface area (Å²) >= 11 is 4.12. The van der Waals surface area contributed by atoms with Crippen LogP contribution in [0, 0.1) is 22.3 Å². The van der Waals surface area contributed by atoms with Gasteiger partial charge >= 0.3 is 35.9 Å². The van der Waals surface area contributed by atoms with Crippen molar-refractivity contribution in [2.45, 2.75) is 0 Å². The van der Waals surface area contributed by atoms with E-state index < -0.39 is 0 Å². The van der Waals surface area contributed by atoms with Gasteiger partial charge < -0.3 is 22.3 Å². The first-order valence-corrected chi connectivity index (χ1v) is 5.23. The predicted molar refractivity (Wildman–Crippen MR) is 33.3 cm³/mol. The summed E-state index contributed by atoms with van der Waals surface area (Å²) in [6.45, 7) is 0. The molecule has 0 bridgehead atoms. The molecule has 0 aromatic carbocycles. The van der Waals surface area contributed by atoms with Crippen LogP contribution in [0.3, 0.4) is 0 Å². The van der Waals surface area contributed by atoms with Gasteiger partial charge in [-0.2, -0.15) is 0 Å². The summed E-state index contributed by atoms with van der Waals surface area (Å²) in [6.07, 6.45) is 0. The molecule has 0 radical (unpaired) electrons. The second kappa shape index (κ2) is 51.6. The molecule has 0 atom stereocenters. The molecular weight excluding hydrogens is 211 g/mol. The topological polar surface area (TPSA) is 0 Å². The zero-order chi connectivity index (χ0) is 2.00. The molecule has 0 amide bonds. The fourth-order valence-corrected chi connectivity index (χ4v) is 0. The third-order valence-electron chi connectivity index (χ3n) is 0. The molecule has 0 saturated heterocycles. The van der Waals surface area contributed by atoms with Crippen molar-refractivity contribution in [3.63, 3.8) is 0 Å². The van der Waals surface area contributed by atoms with Gasteiger partial charge in [0.25, 0.3) is 0 Å². The zero-order valence-electron chi connectivity index (χ0n) is 3.88. The normalized spacial score (nSPS) is 1.40. The van der Waals surface area contributed by atoms with Crippen molar-refractivity contribution in [3.8, 4) is 0 Å². The molecular formula is C3H9ITi. The number of hydrogen-bond donors (Lipinski definition) is 0. The Kier molecular flexibility index (Phi) is 330. The van der Waals surface area contributed by atoms with E-state index in [9.17, 15) is 0 Å². The maximum atomic E-state index is 2.15. The summed E-state index contributed by atoms with van der Waals surface area (Å²) in [4.78, 5) is 0. The average molecular weight is 220 g/mol. The number of halogens is 1. The number of rotatable bonds is 0. The van der Waals surface area contributed by atoms with Gasteiger partial charge in [0.15, 0.2) is 0 Å². The van der Waals surface area contributed by atoms with E-state index in [1.54, 1.807) is 0 Å². The van der Waals surface area contributed by atoms with Crippen LogP contribution >= 0.6 is 19.2 Å². The summed E-state index contributed by atoms with van der Waals surface area (Å²) in [5.41, 5.74) is 0. The van der Waals surface area contributed by atoms with Crippen LogP contribution in [0.25, 0.3) is 0 Å². The van der Waals surface area contributed by atoms with Crippen LogP contribution in [-0.4, -0.2) is 0 Å². The Balaban J connectivity index is -0.00000000167. The molecule has 0 N–H and O–H groups in total. The van der Waals surface area contributed by atoms with Crippen LogP contribution in [0.1, 0.15) is 0 Å². The molecule has 0 aromatic heterocycles. The standard InChI is InChI=1S/3CH3.HI.Ti/h3*1H3;1H;/q3*-1;;+4/p-1. The molecule has 0 aliphatic heterocycles. The SMILES string of the molecule is [CH3-].[CH3-].[CH3-].[Ti+3][I]. The Morgan fingerprint density at radius 1 is 0.800 bits per heavy atom. The van der Waals surface area contributed by atoms with E-state index in [1.807, 2.05) is 16.7 Å². The van der Waals surface area contributed by atoms with E-state index in [1.165, 1.54) is 0 Å². The second-order valence-corrected chi connectivity index (χ2v) is 0. The Morgan fingerprint density at radius 3 is 0.800 bits per heavy atom. The van der Waals surface area contributed by atoms with E-state index in [0.29, 0.717) is 0 Å². The minimum atomic E-state index is 0. The van der Waals surface area contributed by atoms with Crippen LogP contribution in [0.2, 0.25) is 0 Å². The maximum absolute atomic E-state index is 2.15. The van der Waals surface area contributed by atoms with Crippen molar-refractivity contribution in [2.24, 2.45) is 0 Å². The van der Waals surface area contributed by atoms with Gasteiger partial charge in [0.05, 0.1) is 0 Å². The molecule has 0 aromatic rings. The molecule has 0 nitrogen and oxygen atoms in total. The van der Waals surface area contributed by atoms with E-state index in [4.69, 9.17) is 0 Å². The Labute approximate surface area is 57.8 Å². The zero-order valence-corrected chi connectivity index (χ0v) is 7.60. The van der Waals surface area contributed by atoms with E-state index >= 15 is 0 Å². The van der Waals surface area contributed by atoms with Crippen molar-refractivity contribution < 1.29 is 16.7 Å². The van der Waals surface area contributed by atoms with Crippen LogP contribution in [0.4, 0.5) is 0 Å². The molecule has 0 rings (SSSR count). The van der Waals surface area contributed by atoms with E-state index in [-0.39, 0.29) is 22.3 Å². The summed E-state index contributed by atoms with van der Waals surface area (Å²) in [5.74, 6) is 0. The van der Waals surface area contributed by atoms with Gasteiger partial charge in [0, 0.05) is 0 Å². The van der Waals surface area contributed by atoms with Crippen LogP contribution < -0.4 is 0 Å². The van der Waals surface area contributed by atoms with Gasteiger partial charge in [-0.1, -0.05) is 0 Å². The van der Waals surface area contributed by atoms with Gasteiger partial charge in [-0.15, -0.1) is 0 Å². The van der Waals surface area contributed by atoms with Crippen LogP contribution in [0.5, 0.6) is 0 Å².